The number of ketones is 1. The van der Waals surface area contributed by atoms with Crippen molar-refractivity contribution < 1.29 is 45.0 Å². The third-order valence-electron chi connectivity index (χ3n) is 7.89. The summed E-state index contributed by atoms with van der Waals surface area (Å²) >= 11 is 0. The summed E-state index contributed by atoms with van der Waals surface area (Å²) in [4.78, 5) is 33.4. The van der Waals surface area contributed by atoms with E-state index in [1.165, 1.54) is 42.2 Å². The minimum absolute atomic E-state index is 0.00648. The van der Waals surface area contributed by atoms with E-state index < -0.39 is 60.7 Å². The van der Waals surface area contributed by atoms with Crippen LogP contribution >= 0.6 is 0 Å². The van der Waals surface area contributed by atoms with E-state index in [0.29, 0.717) is 30.8 Å². The lowest BCUT2D eigenvalue weighted by Gasteiger charge is -2.27. The van der Waals surface area contributed by atoms with E-state index in [2.05, 4.69) is 34.9 Å². The smallest absolute Gasteiger partial charge is 0.383 e. The zero-order valence-electron chi connectivity index (χ0n) is 27.3. The predicted octanol–water partition coefficient (Wildman–Crippen LogP) is 6.93. The fourth-order valence-electron chi connectivity index (χ4n) is 5.23. The van der Waals surface area contributed by atoms with Crippen LogP contribution in [0.25, 0.3) is 22.2 Å². The molecule has 1 aromatic carbocycles. The number of aromatic nitrogens is 3. The van der Waals surface area contributed by atoms with E-state index in [4.69, 9.17) is 9.47 Å². The molecule has 2 atom stereocenters. The first-order chi connectivity index (χ1) is 22.9. The molecule has 0 saturated heterocycles. The van der Waals surface area contributed by atoms with Crippen molar-refractivity contribution in [3.8, 4) is 11.4 Å². The lowest BCUT2D eigenvalue weighted by Crippen LogP contribution is -2.39. The van der Waals surface area contributed by atoms with Crippen molar-refractivity contribution in [1.29, 1.82) is 0 Å². The van der Waals surface area contributed by atoms with Crippen LogP contribution in [0.4, 0.5) is 30.7 Å². The second-order valence-corrected chi connectivity index (χ2v) is 18.6. The summed E-state index contributed by atoms with van der Waals surface area (Å²) in [6, 6.07) is 3.92. The van der Waals surface area contributed by atoms with Crippen LogP contribution in [-0.2, 0) is 27.0 Å². The number of fused-ring (bicyclic) bond motifs is 1. The van der Waals surface area contributed by atoms with Gasteiger partial charge in [-0.3, -0.25) is 9.59 Å². The van der Waals surface area contributed by atoms with Crippen LogP contribution in [0.1, 0.15) is 18.4 Å². The molecule has 2 heterocycles. The molecular weight excluding hydrogens is 677 g/mol. The van der Waals surface area contributed by atoms with Gasteiger partial charge < -0.3 is 19.4 Å². The topological polar surface area (TPSA) is 95.3 Å². The summed E-state index contributed by atoms with van der Waals surface area (Å²) in [7, 11) is -0.0316. The molecule has 1 aliphatic carbocycles. The average molecular weight is 715 g/mol. The van der Waals surface area contributed by atoms with Gasteiger partial charge in [0.25, 0.3) is 5.56 Å². The summed E-state index contributed by atoms with van der Waals surface area (Å²) < 4.78 is 108. The Morgan fingerprint density at radius 2 is 1.73 bits per heavy atom. The first-order valence-electron chi connectivity index (χ1n) is 15.5. The van der Waals surface area contributed by atoms with Crippen molar-refractivity contribution in [3.63, 3.8) is 0 Å². The van der Waals surface area contributed by atoms with Gasteiger partial charge in [-0.25, -0.2) is 14.4 Å². The molecule has 4 rings (SSSR count). The van der Waals surface area contributed by atoms with Gasteiger partial charge in [-0.1, -0.05) is 25.7 Å². The van der Waals surface area contributed by atoms with Gasteiger partial charge in [-0.05, 0) is 48.5 Å². The Labute approximate surface area is 279 Å². The molecule has 266 valence electrons. The number of carbonyl (C=O) groups is 1. The van der Waals surface area contributed by atoms with Crippen LogP contribution < -0.4 is 10.9 Å². The Morgan fingerprint density at radius 3 is 2.35 bits per heavy atom. The lowest BCUT2D eigenvalue weighted by atomic mass is 9.90. The van der Waals surface area contributed by atoms with Crippen molar-refractivity contribution in [2.75, 3.05) is 26.9 Å². The summed E-state index contributed by atoms with van der Waals surface area (Å²) in [5, 5.41) is 3.12. The van der Waals surface area contributed by atoms with E-state index in [1.807, 2.05) is 0 Å². The van der Waals surface area contributed by atoms with Crippen LogP contribution in [0.2, 0.25) is 25.7 Å². The number of hydrogen-bond donors (Lipinski definition) is 1. The molecule has 2 aromatic heterocycles. The number of nitrogens with zero attached hydrogens (tertiary/aromatic N) is 3. The van der Waals surface area contributed by atoms with Gasteiger partial charge in [0.15, 0.2) is 11.6 Å². The highest BCUT2D eigenvalue weighted by Crippen LogP contribution is 2.34. The molecule has 3 aromatic rings. The summed E-state index contributed by atoms with van der Waals surface area (Å²) in [5.41, 5.74) is -3.48. The number of alkyl halides is 6. The van der Waals surface area contributed by atoms with Gasteiger partial charge in [0.1, 0.15) is 11.4 Å². The molecule has 0 bridgehead atoms. The highest BCUT2D eigenvalue weighted by atomic mass is 28.3. The number of carbonyl (C=O) groups excluding carboxylic acids is 1. The van der Waals surface area contributed by atoms with Gasteiger partial charge in [0, 0.05) is 53.0 Å². The first-order valence-corrected chi connectivity index (χ1v) is 19.2. The van der Waals surface area contributed by atoms with Gasteiger partial charge in [0.2, 0.25) is 0 Å². The second kappa shape index (κ2) is 15.3. The number of nitrogens with one attached hydrogen (secondary N) is 1. The Morgan fingerprint density at radius 1 is 1.04 bits per heavy atom. The monoisotopic (exact) mass is 714 g/mol. The van der Waals surface area contributed by atoms with Crippen molar-refractivity contribution in [2.45, 2.75) is 63.5 Å². The summed E-state index contributed by atoms with van der Waals surface area (Å²) in [5.74, 6) is -3.33. The molecule has 1 N–H and O–H groups in total. The Kier molecular flexibility index (Phi) is 11.9. The largest absolute Gasteiger partial charge is 0.421 e. The Bertz CT molecular complexity index is 1760. The number of aryl methyl sites for hydroxylation is 1. The van der Waals surface area contributed by atoms with Gasteiger partial charge in [-0.2, -0.15) is 26.3 Å². The highest BCUT2D eigenvalue weighted by Gasteiger charge is 2.44. The van der Waals surface area contributed by atoms with E-state index in [1.54, 1.807) is 0 Å². The standard InChI is InChI=1S/C33H37F7N4O4Si/c1-47-19-23(43-27-8-7-21(18-48-12-13-49(2,3)4)29(45)28(27)33(38,39)40)6-5-10-44-11-9-20-14-25(26(34)15-24(20)31(44)46)30-41-16-22(17-42-30)32(35,36)37/h7-9,11,14-17,21,23,43H,5-6,10,12-13,18-19H2,1-4H3/t21?,23-/m1/s1. The average Bonchev–Trinajstić information content (AvgIpc) is 3.00. The number of halogens is 7. The molecular formula is C33H37F7N4O4Si. The molecule has 1 aliphatic rings. The van der Waals surface area contributed by atoms with Gasteiger partial charge in [-0.15, -0.1) is 0 Å². The number of methoxy groups -OCH3 is 1. The fraction of sp³-hybridized carbons (Fsp3) is 0.455. The molecule has 8 nitrogen and oxygen atoms in total. The molecule has 0 radical (unpaired) electrons. The van der Waals surface area contributed by atoms with Crippen molar-refractivity contribution in [3.05, 3.63) is 81.9 Å². The zero-order chi connectivity index (χ0) is 36.1. The molecule has 0 aliphatic heterocycles. The predicted molar refractivity (Wildman–Crippen MR) is 172 cm³/mol. The van der Waals surface area contributed by atoms with Crippen molar-refractivity contribution in [2.24, 2.45) is 5.92 Å². The maximum Gasteiger partial charge on any atom is 0.421 e. The number of pyridine rings is 1. The number of rotatable bonds is 14. The van der Waals surface area contributed by atoms with Crippen LogP contribution in [0.5, 0.6) is 0 Å². The van der Waals surface area contributed by atoms with Crippen LogP contribution in [0.15, 0.2) is 65.0 Å². The summed E-state index contributed by atoms with van der Waals surface area (Å²) in [6.45, 7) is 6.78. The zero-order valence-corrected chi connectivity index (χ0v) is 28.3. The number of allylic oxidation sites excluding steroid dienone is 2. The number of ether oxygens (including phenoxy) is 2. The molecule has 16 heteroatoms. The van der Waals surface area contributed by atoms with Crippen LogP contribution in [0.3, 0.4) is 0 Å². The SMILES string of the molecule is COC[C@@H](CCCn1ccc2cc(-c3ncc(C(F)(F)F)cn3)c(F)cc2c1=O)NC1=C(C(F)(F)F)C(=O)C(COCC[Si](C)(C)C)C=C1. The van der Waals surface area contributed by atoms with E-state index in [-0.39, 0.29) is 48.7 Å². The van der Waals surface area contributed by atoms with E-state index >= 15 is 4.39 Å². The van der Waals surface area contributed by atoms with Crippen LogP contribution in [0, 0.1) is 11.7 Å². The maximum atomic E-state index is 15.0. The van der Waals surface area contributed by atoms with Gasteiger partial charge in [0.05, 0.1) is 41.3 Å². The number of benzene rings is 1. The Balaban J connectivity index is 1.45. The van der Waals surface area contributed by atoms with Gasteiger partial charge >= 0.3 is 12.4 Å². The van der Waals surface area contributed by atoms with E-state index in [0.717, 1.165) is 12.1 Å². The molecule has 1 unspecified atom stereocenters. The van der Waals surface area contributed by atoms with Crippen molar-refractivity contribution >= 4 is 24.6 Å². The highest BCUT2D eigenvalue weighted by molar-refractivity contribution is 6.76. The van der Waals surface area contributed by atoms with Crippen molar-refractivity contribution in [1.82, 2.24) is 19.9 Å². The normalized spacial score (nSPS) is 16.5. The fourth-order valence-corrected chi connectivity index (χ4v) is 5.98. The number of Topliss-reactive ketones (excluding diaryl/α,β-unsaturated/α-hetero) is 1. The minimum Gasteiger partial charge on any atom is -0.383 e. The third kappa shape index (κ3) is 9.85. The number of hydrogen-bond acceptors (Lipinski definition) is 7. The second-order valence-electron chi connectivity index (χ2n) is 13.0. The molecule has 49 heavy (non-hydrogen) atoms. The van der Waals surface area contributed by atoms with E-state index in [9.17, 15) is 35.9 Å². The molecule has 0 amide bonds. The Hall–Kier alpha value is -3.89. The molecule has 0 spiro atoms. The maximum absolute atomic E-state index is 15.0. The third-order valence-corrected chi connectivity index (χ3v) is 9.59. The minimum atomic E-state index is -4.91. The molecule has 0 fully saturated rings. The quantitative estimate of drug-likeness (QED) is 0.110. The lowest BCUT2D eigenvalue weighted by molar-refractivity contribution is -0.138. The molecule has 0 saturated carbocycles. The summed E-state index contributed by atoms with van der Waals surface area (Å²) in [6.07, 6.45) is -3.84. The van der Waals surface area contributed by atoms with Crippen LogP contribution in [-0.4, -0.2) is 67.5 Å². The first kappa shape index (κ1) is 37.9.